The Morgan fingerprint density at radius 2 is 2.13 bits per heavy atom. The van der Waals surface area contributed by atoms with E-state index in [-0.39, 0.29) is 11.6 Å². The lowest BCUT2D eigenvalue weighted by Gasteiger charge is -2.23. The Bertz CT molecular complexity index is 1190. The largest absolute Gasteiger partial charge is 0.493 e. The molecular formula is C23H22N2O5. The highest BCUT2D eigenvalue weighted by Crippen LogP contribution is 2.59. The van der Waals surface area contributed by atoms with Crippen LogP contribution in [0.3, 0.4) is 0 Å². The van der Waals surface area contributed by atoms with Crippen molar-refractivity contribution in [1.82, 2.24) is 9.55 Å². The Labute approximate surface area is 173 Å². The highest BCUT2D eigenvalue weighted by atomic mass is 16.5. The molecule has 0 spiro atoms. The van der Waals surface area contributed by atoms with Crippen LogP contribution in [0.25, 0.3) is 17.7 Å². The number of aliphatic carboxylic acids is 1. The van der Waals surface area contributed by atoms with Gasteiger partial charge < -0.3 is 14.6 Å². The van der Waals surface area contributed by atoms with Gasteiger partial charge in [-0.2, -0.15) is 0 Å². The number of allylic oxidation sites excluding steroid dienone is 1. The summed E-state index contributed by atoms with van der Waals surface area (Å²) in [6, 6.07) is 5.34. The Hall–Kier alpha value is -3.35. The Kier molecular flexibility index (Phi) is 4.10. The standard InChI is InChI=1S/C23H22N2O5/c1-29-16-8-4-6-14(20(16)30-2)11-13-5-3-7-15-19(13)24-18-9-10-23(22(27)28)12-17(23)25(18)21(15)26/h4,6,8-11,17H,3,5,7,12H2,1-2H3,(H,27,28)/b13-11+. The second-order valence-corrected chi connectivity index (χ2v) is 7.98. The zero-order chi connectivity index (χ0) is 21.0. The van der Waals surface area contributed by atoms with Crippen LogP contribution in [0.2, 0.25) is 0 Å². The van der Waals surface area contributed by atoms with Gasteiger partial charge in [-0.25, -0.2) is 4.98 Å². The fourth-order valence-corrected chi connectivity index (χ4v) is 4.71. The molecule has 5 rings (SSSR count). The number of nitrogens with zero attached hydrogens (tertiary/aromatic N) is 2. The first-order chi connectivity index (χ1) is 14.5. The SMILES string of the molecule is COc1cccc(/C=C2\CCCc3c2nc2n(c3=O)C3CC3(C(=O)O)C=C2)c1OC. The first kappa shape index (κ1) is 18.7. The average Bonchev–Trinajstić information content (AvgIpc) is 3.50. The van der Waals surface area contributed by atoms with Gasteiger partial charge in [0, 0.05) is 11.1 Å². The second kappa shape index (κ2) is 6.58. The number of carboxylic acids is 1. The van der Waals surface area contributed by atoms with Gasteiger partial charge in [0.05, 0.1) is 26.0 Å². The number of carboxylic acid groups (broad SMARTS) is 1. The van der Waals surface area contributed by atoms with Crippen LogP contribution in [0.4, 0.5) is 0 Å². The maximum Gasteiger partial charge on any atom is 0.315 e. The molecule has 0 radical (unpaired) electrons. The van der Waals surface area contributed by atoms with Crippen molar-refractivity contribution in [3.8, 4) is 11.5 Å². The summed E-state index contributed by atoms with van der Waals surface area (Å²) >= 11 is 0. The third-order valence-corrected chi connectivity index (χ3v) is 6.38. The molecule has 2 aliphatic carbocycles. The van der Waals surface area contributed by atoms with Gasteiger partial charge in [-0.1, -0.05) is 18.2 Å². The van der Waals surface area contributed by atoms with E-state index in [0.29, 0.717) is 41.4 Å². The predicted molar refractivity (Wildman–Crippen MR) is 112 cm³/mol. The highest BCUT2D eigenvalue weighted by molar-refractivity contribution is 5.86. The van der Waals surface area contributed by atoms with Crippen molar-refractivity contribution in [2.24, 2.45) is 5.41 Å². The molecule has 1 aromatic heterocycles. The van der Waals surface area contributed by atoms with Crippen molar-refractivity contribution in [2.45, 2.75) is 31.7 Å². The van der Waals surface area contributed by atoms with E-state index in [1.165, 1.54) is 0 Å². The summed E-state index contributed by atoms with van der Waals surface area (Å²) in [4.78, 5) is 29.8. The summed E-state index contributed by atoms with van der Waals surface area (Å²) in [7, 11) is 3.20. The first-order valence-corrected chi connectivity index (χ1v) is 10.00. The van der Waals surface area contributed by atoms with Crippen LogP contribution in [-0.4, -0.2) is 34.8 Å². The Balaban J connectivity index is 1.64. The van der Waals surface area contributed by atoms with Crippen LogP contribution in [0.5, 0.6) is 11.5 Å². The molecule has 30 heavy (non-hydrogen) atoms. The number of methoxy groups -OCH3 is 2. The Morgan fingerprint density at radius 3 is 2.87 bits per heavy atom. The van der Waals surface area contributed by atoms with Gasteiger partial charge in [-0.3, -0.25) is 14.2 Å². The number of fused-ring (bicyclic) bond motifs is 4. The van der Waals surface area contributed by atoms with Crippen molar-refractivity contribution in [3.05, 3.63) is 57.3 Å². The molecule has 2 unspecified atom stereocenters. The van der Waals surface area contributed by atoms with Gasteiger partial charge in [-0.15, -0.1) is 0 Å². The molecule has 2 heterocycles. The molecule has 1 N–H and O–H groups in total. The molecule has 7 nitrogen and oxygen atoms in total. The number of hydrogen-bond donors (Lipinski definition) is 1. The molecule has 2 atom stereocenters. The molecule has 1 fully saturated rings. The first-order valence-electron chi connectivity index (χ1n) is 10.00. The summed E-state index contributed by atoms with van der Waals surface area (Å²) in [6.07, 6.45) is 8.10. The quantitative estimate of drug-likeness (QED) is 0.839. The molecule has 2 aromatic rings. The number of aromatic nitrogens is 2. The molecule has 0 amide bonds. The zero-order valence-electron chi connectivity index (χ0n) is 16.8. The number of hydrogen-bond acceptors (Lipinski definition) is 5. The van der Waals surface area contributed by atoms with Crippen molar-refractivity contribution in [3.63, 3.8) is 0 Å². The minimum atomic E-state index is -0.950. The van der Waals surface area contributed by atoms with Crippen LogP contribution >= 0.6 is 0 Å². The van der Waals surface area contributed by atoms with E-state index >= 15 is 0 Å². The van der Waals surface area contributed by atoms with E-state index in [1.807, 2.05) is 24.3 Å². The molecule has 0 bridgehead atoms. The van der Waals surface area contributed by atoms with Gasteiger partial charge in [0.15, 0.2) is 11.5 Å². The summed E-state index contributed by atoms with van der Waals surface area (Å²) in [5, 5.41) is 9.57. The number of benzene rings is 1. The maximum absolute atomic E-state index is 13.3. The van der Waals surface area contributed by atoms with Crippen LogP contribution in [0.1, 0.15) is 47.9 Å². The fourth-order valence-electron chi connectivity index (χ4n) is 4.71. The third kappa shape index (κ3) is 2.54. The molecular weight excluding hydrogens is 384 g/mol. The lowest BCUT2D eigenvalue weighted by Crippen LogP contribution is -2.33. The van der Waals surface area contributed by atoms with Crippen LogP contribution < -0.4 is 15.0 Å². The van der Waals surface area contributed by atoms with E-state index in [0.717, 1.165) is 24.0 Å². The van der Waals surface area contributed by atoms with E-state index in [9.17, 15) is 14.7 Å². The zero-order valence-corrected chi connectivity index (χ0v) is 16.8. The lowest BCUT2D eigenvalue weighted by atomic mass is 9.90. The van der Waals surface area contributed by atoms with Crippen LogP contribution in [0, 0.1) is 5.41 Å². The number of rotatable bonds is 4. The smallest absolute Gasteiger partial charge is 0.315 e. The van der Waals surface area contributed by atoms with Gasteiger partial charge in [0.1, 0.15) is 11.2 Å². The molecule has 3 aliphatic rings. The van der Waals surface area contributed by atoms with Crippen molar-refractivity contribution >= 4 is 23.7 Å². The number of para-hydroxylation sites is 1. The normalized spacial score (nSPS) is 24.6. The minimum absolute atomic E-state index is 0.115. The van der Waals surface area contributed by atoms with E-state index < -0.39 is 11.4 Å². The minimum Gasteiger partial charge on any atom is -0.493 e. The number of ether oxygens (including phenoxy) is 2. The van der Waals surface area contributed by atoms with Gasteiger partial charge >= 0.3 is 5.97 Å². The summed E-state index contributed by atoms with van der Waals surface area (Å²) in [6.45, 7) is 0. The third-order valence-electron chi connectivity index (χ3n) is 6.38. The average molecular weight is 406 g/mol. The van der Waals surface area contributed by atoms with Crippen molar-refractivity contribution in [1.29, 1.82) is 0 Å². The highest BCUT2D eigenvalue weighted by Gasteiger charge is 2.62. The summed E-state index contributed by atoms with van der Waals surface area (Å²) in [5.41, 5.74) is 2.14. The monoisotopic (exact) mass is 406 g/mol. The van der Waals surface area contributed by atoms with E-state index in [1.54, 1.807) is 30.9 Å². The van der Waals surface area contributed by atoms with Crippen LogP contribution in [0.15, 0.2) is 29.1 Å². The fraction of sp³-hybridized carbons (Fsp3) is 0.348. The molecule has 1 saturated carbocycles. The van der Waals surface area contributed by atoms with Gasteiger partial charge in [-0.05, 0) is 49.5 Å². The molecule has 7 heteroatoms. The molecule has 1 aromatic carbocycles. The molecule has 0 saturated heterocycles. The molecule has 154 valence electrons. The van der Waals surface area contributed by atoms with Crippen molar-refractivity contribution in [2.75, 3.05) is 14.2 Å². The summed E-state index contributed by atoms with van der Waals surface area (Å²) in [5.74, 6) is 0.926. The van der Waals surface area contributed by atoms with E-state index in [4.69, 9.17) is 14.5 Å². The Morgan fingerprint density at radius 1 is 1.30 bits per heavy atom. The predicted octanol–water partition coefficient (Wildman–Crippen LogP) is 3.18. The van der Waals surface area contributed by atoms with Crippen LogP contribution in [-0.2, 0) is 11.2 Å². The number of carbonyl (C=O) groups is 1. The second-order valence-electron chi connectivity index (χ2n) is 7.98. The van der Waals surface area contributed by atoms with Crippen molar-refractivity contribution < 1.29 is 19.4 Å². The molecule has 1 aliphatic heterocycles. The summed E-state index contributed by atoms with van der Waals surface area (Å²) < 4.78 is 12.5. The topological polar surface area (TPSA) is 90.7 Å². The lowest BCUT2D eigenvalue weighted by molar-refractivity contribution is -0.141. The van der Waals surface area contributed by atoms with Gasteiger partial charge in [0.2, 0.25) is 0 Å². The maximum atomic E-state index is 13.3. The van der Waals surface area contributed by atoms with E-state index in [2.05, 4.69) is 0 Å². The van der Waals surface area contributed by atoms with Gasteiger partial charge in [0.25, 0.3) is 5.56 Å².